The van der Waals surface area contributed by atoms with E-state index in [1.54, 1.807) is 0 Å². The van der Waals surface area contributed by atoms with E-state index in [0.717, 1.165) is 24.2 Å². The van der Waals surface area contributed by atoms with Gasteiger partial charge in [0, 0.05) is 0 Å². The van der Waals surface area contributed by atoms with Crippen LogP contribution < -0.4 is 0 Å². The van der Waals surface area contributed by atoms with E-state index >= 15 is 0 Å². The molecule has 0 bridgehead atoms. The summed E-state index contributed by atoms with van der Waals surface area (Å²) in [5.74, 6) is -0.668. The monoisotopic (exact) mass is 715 g/mol. The first-order valence-electron chi connectivity index (χ1n) is 16.1. The Hall–Kier alpha value is -2.10. The molecule has 0 saturated carbocycles. The third kappa shape index (κ3) is 5.38. The second-order valence-electron chi connectivity index (χ2n) is 13.9. The number of nitrogens with zero attached hydrogens (tertiary/aromatic N) is 2. The Bertz CT molecular complexity index is 1620. The van der Waals surface area contributed by atoms with Gasteiger partial charge in [0.05, 0.1) is 0 Å². The standard InChI is InChI=1S/2C18H18N.C2H7Si.2ClH.Zr/c2*1-13(2)10-14-11-15-6-5-7-16(17(15)12-14)18-8-3-4-9-19-18;1-3-2;;;/h2*3-9,11-13H,10H2,1-2H3;3H,1-2H3;2*1H;/q;;;;;+2/p-2. The summed E-state index contributed by atoms with van der Waals surface area (Å²) in [6, 6.07) is 25.8. The van der Waals surface area contributed by atoms with Gasteiger partial charge in [-0.15, -0.1) is 0 Å². The van der Waals surface area contributed by atoms with Crippen molar-refractivity contribution >= 4 is 35.1 Å². The van der Waals surface area contributed by atoms with Crippen molar-refractivity contribution in [3.05, 3.63) is 119 Å². The van der Waals surface area contributed by atoms with Crippen LogP contribution in [0.4, 0.5) is 0 Å². The molecule has 0 amide bonds. The molecule has 0 fully saturated rings. The first-order chi connectivity index (χ1) is 21.0. The molecule has 2 aliphatic rings. The number of fused-ring (bicyclic) bond motifs is 2. The van der Waals surface area contributed by atoms with E-state index < -0.39 is 21.5 Å². The van der Waals surface area contributed by atoms with Crippen molar-refractivity contribution in [3.63, 3.8) is 0 Å². The molecule has 0 radical (unpaired) electrons. The summed E-state index contributed by atoms with van der Waals surface area (Å²) < 4.78 is 0.134. The van der Waals surface area contributed by atoms with Gasteiger partial charge in [-0.2, -0.15) is 0 Å². The van der Waals surface area contributed by atoms with Gasteiger partial charge in [0.25, 0.3) is 0 Å². The summed E-state index contributed by atoms with van der Waals surface area (Å²) in [7, 11) is 17.3. The fourth-order valence-corrected chi connectivity index (χ4v) is 39.2. The minimum absolute atomic E-state index is 0.0671. The number of benzene rings is 2. The van der Waals surface area contributed by atoms with Crippen molar-refractivity contribution in [1.29, 1.82) is 0 Å². The van der Waals surface area contributed by atoms with E-state index in [0.29, 0.717) is 11.8 Å². The van der Waals surface area contributed by atoms with Crippen molar-refractivity contribution in [1.82, 2.24) is 9.97 Å². The van der Waals surface area contributed by atoms with Crippen LogP contribution in [0.1, 0.15) is 70.0 Å². The Morgan fingerprint density at radius 3 is 1.41 bits per heavy atom. The number of allylic oxidation sites excluding steroid dienone is 2. The summed E-state index contributed by atoms with van der Waals surface area (Å²) in [5.41, 5.74) is 12.3. The van der Waals surface area contributed by atoms with Crippen LogP contribution in [0.25, 0.3) is 34.7 Å². The van der Waals surface area contributed by atoms with Gasteiger partial charge < -0.3 is 0 Å². The van der Waals surface area contributed by atoms with Crippen LogP contribution in [0.2, 0.25) is 13.1 Å². The SMILES string of the molecule is CC(C)CC1=Cc2c(-c3ccccn3)cccc2[CH]1[Zr]([Cl])([Cl])([CH]1C(CC(C)C)=Cc2c(-c3ccccn3)cccc21)[SiH](C)C. The second kappa shape index (κ2) is 12.3. The van der Waals surface area contributed by atoms with E-state index in [1.165, 1.54) is 44.5 Å². The molecule has 4 aromatic rings. The van der Waals surface area contributed by atoms with Gasteiger partial charge in [0.15, 0.2) is 0 Å². The fraction of sp³-hybridized carbons (Fsp3) is 0.316. The molecule has 6 heteroatoms. The predicted octanol–water partition coefficient (Wildman–Crippen LogP) is 11.5. The van der Waals surface area contributed by atoms with E-state index in [1.807, 2.05) is 24.5 Å². The molecular weight excluding hydrogens is 675 g/mol. The molecule has 6 rings (SSSR count). The molecule has 2 aromatic carbocycles. The number of pyridine rings is 2. The normalized spacial score (nSPS) is 18.7. The summed E-state index contributed by atoms with van der Waals surface area (Å²) in [5, 5.41) is 0. The molecule has 2 aliphatic carbocycles. The van der Waals surface area contributed by atoms with Crippen molar-refractivity contribution < 1.29 is 15.6 Å². The molecule has 227 valence electrons. The van der Waals surface area contributed by atoms with Gasteiger partial charge in [0.1, 0.15) is 0 Å². The maximum atomic E-state index is 8.67. The molecule has 44 heavy (non-hydrogen) atoms. The number of aromatic nitrogens is 2. The Kier molecular flexibility index (Phi) is 8.87. The van der Waals surface area contributed by atoms with Crippen molar-refractivity contribution in [2.75, 3.05) is 0 Å². The van der Waals surface area contributed by atoms with Crippen molar-refractivity contribution in [2.45, 2.75) is 60.9 Å². The third-order valence-corrected chi connectivity index (χ3v) is 61.5. The maximum absolute atomic E-state index is 8.67. The fourth-order valence-electron chi connectivity index (χ4n) is 7.85. The number of halogens is 2. The first-order valence-corrected chi connectivity index (χ1v) is 32.4. The minimum atomic E-state index is -4.87. The average molecular weight is 718 g/mol. The van der Waals surface area contributed by atoms with Crippen LogP contribution >= 0.6 is 17.0 Å². The van der Waals surface area contributed by atoms with Crippen LogP contribution in [0.3, 0.4) is 0 Å². The number of rotatable bonds is 9. The average Bonchev–Trinajstić information content (AvgIpc) is 3.56. The van der Waals surface area contributed by atoms with E-state index in [9.17, 15) is 0 Å². The van der Waals surface area contributed by atoms with E-state index in [2.05, 4.69) is 114 Å². The van der Waals surface area contributed by atoms with Crippen molar-refractivity contribution in [2.24, 2.45) is 11.8 Å². The van der Waals surface area contributed by atoms with Crippen LogP contribution in [-0.4, -0.2) is 15.9 Å². The van der Waals surface area contributed by atoms with Gasteiger partial charge in [-0.1, -0.05) is 0 Å². The zero-order valence-corrected chi connectivity index (χ0v) is 31.8. The molecule has 2 heterocycles. The Morgan fingerprint density at radius 2 is 1.07 bits per heavy atom. The molecule has 0 aliphatic heterocycles. The second-order valence-corrected chi connectivity index (χ2v) is 56.4. The quantitative estimate of drug-likeness (QED) is 0.161. The summed E-state index contributed by atoms with van der Waals surface area (Å²) in [4.78, 5) is 9.52. The van der Waals surface area contributed by atoms with Crippen LogP contribution in [0, 0.1) is 11.8 Å². The predicted molar refractivity (Wildman–Crippen MR) is 190 cm³/mol. The number of hydrogen-bond acceptors (Lipinski definition) is 2. The summed E-state index contributed by atoms with van der Waals surface area (Å²) in [6.07, 6.45) is 10.6. The van der Waals surface area contributed by atoms with Gasteiger partial charge >= 0.3 is 274 Å². The zero-order chi connectivity index (χ0) is 31.2. The third-order valence-electron chi connectivity index (χ3n) is 9.68. The topological polar surface area (TPSA) is 25.8 Å². The Morgan fingerprint density at radius 1 is 0.636 bits per heavy atom. The van der Waals surface area contributed by atoms with Crippen LogP contribution in [0.5, 0.6) is 0 Å². The van der Waals surface area contributed by atoms with E-state index in [-0.39, 0.29) is 7.25 Å². The molecular formula is C38H43Cl2N2SiZr. The summed E-state index contributed by atoms with van der Waals surface area (Å²) >= 11 is -4.87. The van der Waals surface area contributed by atoms with Crippen LogP contribution in [-0.2, 0) is 15.6 Å². The zero-order valence-electron chi connectivity index (χ0n) is 26.7. The molecule has 2 atom stereocenters. The Balaban J connectivity index is 1.62. The number of hydrogen-bond donors (Lipinski definition) is 0. The van der Waals surface area contributed by atoms with Gasteiger partial charge in [-0.05, 0) is 0 Å². The van der Waals surface area contributed by atoms with Crippen molar-refractivity contribution in [3.8, 4) is 22.5 Å². The molecule has 0 N–H and O–H groups in total. The van der Waals surface area contributed by atoms with Gasteiger partial charge in [-0.25, -0.2) is 0 Å². The molecule has 2 aromatic heterocycles. The van der Waals surface area contributed by atoms with Gasteiger partial charge in [0.2, 0.25) is 0 Å². The molecule has 0 saturated heterocycles. The van der Waals surface area contributed by atoms with E-state index in [4.69, 9.17) is 27.0 Å². The van der Waals surface area contributed by atoms with Gasteiger partial charge in [-0.3, -0.25) is 0 Å². The van der Waals surface area contributed by atoms with Crippen LogP contribution in [0.15, 0.2) is 96.3 Å². The Labute approximate surface area is 272 Å². The molecule has 0 spiro atoms. The molecule has 2 nitrogen and oxygen atoms in total. The first kappa shape index (κ1) is 31.9. The summed E-state index contributed by atoms with van der Waals surface area (Å²) in [6.45, 7) is 14.1. The molecule has 2 unspecified atom stereocenters.